The fraction of sp³-hybridized carbons (Fsp3) is 0.333. The van der Waals surface area contributed by atoms with Crippen molar-refractivity contribution in [2.75, 3.05) is 20.3 Å². The van der Waals surface area contributed by atoms with Crippen LogP contribution in [0.3, 0.4) is 0 Å². The first-order valence-corrected chi connectivity index (χ1v) is 9.16. The first-order valence-electron chi connectivity index (χ1n) is 9.16. The Morgan fingerprint density at radius 3 is 2.41 bits per heavy atom. The number of carbonyl (C=O) groups excluding carboxylic acids is 1. The van der Waals surface area contributed by atoms with Gasteiger partial charge in [-0.05, 0) is 38.1 Å². The molecule has 0 unspecified atom stereocenters. The number of imidazole rings is 1. The highest BCUT2D eigenvalue weighted by molar-refractivity contribution is 5.78. The average Bonchev–Trinajstić information content (AvgIpc) is 3.04. The Balaban J connectivity index is 1.66. The van der Waals surface area contributed by atoms with Crippen LogP contribution in [0.15, 0.2) is 48.5 Å². The summed E-state index contributed by atoms with van der Waals surface area (Å²) in [4.78, 5) is 18.8. The van der Waals surface area contributed by atoms with Gasteiger partial charge in [-0.15, -0.1) is 0 Å². The van der Waals surface area contributed by atoms with Gasteiger partial charge in [0.2, 0.25) is 0 Å². The summed E-state index contributed by atoms with van der Waals surface area (Å²) < 4.78 is 13.3. The molecule has 0 saturated carbocycles. The van der Waals surface area contributed by atoms with Crippen molar-refractivity contribution in [1.29, 1.82) is 0 Å². The van der Waals surface area contributed by atoms with Crippen LogP contribution in [0, 0.1) is 0 Å². The molecule has 27 heavy (non-hydrogen) atoms. The third-order valence-corrected chi connectivity index (χ3v) is 4.35. The van der Waals surface area contributed by atoms with Crippen molar-refractivity contribution in [3.63, 3.8) is 0 Å². The molecule has 0 fully saturated rings. The number of amides is 1. The number of para-hydroxylation sites is 4. The van der Waals surface area contributed by atoms with E-state index in [0.29, 0.717) is 24.7 Å². The molecule has 0 radical (unpaired) electrons. The van der Waals surface area contributed by atoms with E-state index in [1.54, 1.807) is 18.0 Å². The lowest BCUT2D eigenvalue weighted by atomic mass is 10.3. The molecule has 0 aliphatic carbocycles. The minimum absolute atomic E-state index is 0.0487. The van der Waals surface area contributed by atoms with Gasteiger partial charge in [0.15, 0.2) is 18.1 Å². The predicted molar refractivity (Wildman–Crippen MR) is 105 cm³/mol. The van der Waals surface area contributed by atoms with Crippen LogP contribution < -0.4 is 9.47 Å². The SMILES string of the molecule is CCOc1ccccc1OCC(=O)N(C)Cc1nc2ccccc2n1CC. The van der Waals surface area contributed by atoms with E-state index in [1.165, 1.54) is 0 Å². The van der Waals surface area contributed by atoms with Crippen molar-refractivity contribution in [2.24, 2.45) is 0 Å². The van der Waals surface area contributed by atoms with Crippen LogP contribution in [0.2, 0.25) is 0 Å². The highest BCUT2D eigenvalue weighted by Crippen LogP contribution is 2.26. The molecule has 0 bridgehead atoms. The highest BCUT2D eigenvalue weighted by atomic mass is 16.5. The van der Waals surface area contributed by atoms with Crippen LogP contribution in [0.25, 0.3) is 11.0 Å². The van der Waals surface area contributed by atoms with Gasteiger partial charge in [-0.25, -0.2) is 4.98 Å². The maximum atomic E-state index is 12.5. The number of nitrogens with zero attached hydrogens (tertiary/aromatic N) is 3. The quantitative estimate of drug-likeness (QED) is 0.611. The van der Waals surface area contributed by atoms with E-state index < -0.39 is 0 Å². The van der Waals surface area contributed by atoms with Gasteiger partial charge in [0.25, 0.3) is 5.91 Å². The Labute approximate surface area is 159 Å². The molecule has 6 heteroatoms. The molecule has 142 valence electrons. The van der Waals surface area contributed by atoms with Crippen molar-refractivity contribution < 1.29 is 14.3 Å². The average molecular weight is 367 g/mol. The van der Waals surface area contributed by atoms with Crippen LogP contribution >= 0.6 is 0 Å². The topological polar surface area (TPSA) is 56.6 Å². The van der Waals surface area contributed by atoms with E-state index in [4.69, 9.17) is 9.47 Å². The lowest BCUT2D eigenvalue weighted by molar-refractivity contribution is -0.132. The fourth-order valence-corrected chi connectivity index (χ4v) is 2.99. The molecule has 0 N–H and O–H groups in total. The zero-order valence-electron chi connectivity index (χ0n) is 16.0. The molecule has 3 rings (SSSR count). The molecule has 0 aliphatic heterocycles. The van der Waals surface area contributed by atoms with Crippen LogP contribution in [0.1, 0.15) is 19.7 Å². The highest BCUT2D eigenvalue weighted by Gasteiger charge is 2.16. The van der Waals surface area contributed by atoms with E-state index in [9.17, 15) is 4.79 Å². The van der Waals surface area contributed by atoms with Crippen molar-refractivity contribution in [1.82, 2.24) is 14.5 Å². The van der Waals surface area contributed by atoms with E-state index >= 15 is 0 Å². The van der Waals surface area contributed by atoms with Gasteiger partial charge in [-0.2, -0.15) is 0 Å². The summed E-state index contributed by atoms with van der Waals surface area (Å²) in [5, 5.41) is 0. The first kappa shape index (κ1) is 18.8. The third-order valence-electron chi connectivity index (χ3n) is 4.35. The second-order valence-corrected chi connectivity index (χ2v) is 6.18. The van der Waals surface area contributed by atoms with Crippen LogP contribution in [-0.4, -0.2) is 40.6 Å². The number of hydrogen-bond donors (Lipinski definition) is 0. The number of benzene rings is 2. The molecule has 2 aromatic carbocycles. The second kappa shape index (κ2) is 8.58. The zero-order chi connectivity index (χ0) is 19.2. The largest absolute Gasteiger partial charge is 0.490 e. The molecule has 6 nitrogen and oxygen atoms in total. The monoisotopic (exact) mass is 367 g/mol. The Hall–Kier alpha value is -3.02. The summed E-state index contributed by atoms with van der Waals surface area (Å²) in [5.41, 5.74) is 2.02. The van der Waals surface area contributed by atoms with Gasteiger partial charge >= 0.3 is 0 Å². The molecule has 0 spiro atoms. The van der Waals surface area contributed by atoms with E-state index in [0.717, 1.165) is 23.4 Å². The second-order valence-electron chi connectivity index (χ2n) is 6.18. The van der Waals surface area contributed by atoms with Crippen LogP contribution in [-0.2, 0) is 17.9 Å². The molecule has 1 aromatic heterocycles. The molecule has 1 heterocycles. The predicted octanol–water partition coefficient (Wildman–Crippen LogP) is 3.49. The third kappa shape index (κ3) is 4.22. The minimum atomic E-state index is -0.115. The standard InChI is InChI=1S/C21H25N3O3/c1-4-24-17-11-7-6-10-16(17)22-20(24)14-23(3)21(25)15-27-19-13-9-8-12-18(19)26-5-2/h6-13H,4-5,14-15H2,1-3H3. The molecular formula is C21H25N3O3. The first-order chi connectivity index (χ1) is 13.1. The van der Waals surface area contributed by atoms with Crippen molar-refractivity contribution in [3.8, 4) is 11.5 Å². The number of aromatic nitrogens is 2. The number of likely N-dealkylation sites (N-methyl/N-ethyl adjacent to an activating group) is 1. The molecular weight excluding hydrogens is 342 g/mol. The van der Waals surface area contributed by atoms with Gasteiger partial charge in [-0.3, -0.25) is 4.79 Å². The number of aryl methyl sites for hydroxylation is 1. The Kier molecular flexibility index (Phi) is 5.96. The Morgan fingerprint density at radius 2 is 1.70 bits per heavy atom. The van der Waals surface area contributed by atoms with E-state index in [-0.39, 0.29) is 12.5 Å². The van der Waals surface area contributed by atoms with Crippen molar-refractivity contribution >= 4 is 16.9 Å². The molecule has 0 aliphatic rings. The lowest BCUT2D eigenvalue weighted by Crippen LogP contribution is -2.32. The summed E-state index contributed by atoms with van der Waals surface area (Å²) in [6, 6.07) is 15.4. The number of fused-ring (bicyclic) bond motifs is 1. The van der Waals surface area contributed by atoms with Crippen LogP contribution in [0.4, 0.5) is 0 Å². The fourth-order valence-electron chi connectivity index (χ4n) is 2.99. The maximum Gasteiger partial charge on any atom is 0.260 e. The maximum absolute atomic E-state index is 12.5. The summed E-state index contributed by atoms with van der Waals surface area (Å²) >= 11 is 0. The van der Waals surface area contributed by atoms with Crippen molar-refractivity contribution in [3.05, 3.63) is 54.4 Å². The Morgan fingerprint density at radius 1 is 1.04 bits per heavy atom. The van der Waals surface area contributed by atoms with Gasteiger partial charge in [0.05, 0.1) is 24.2 Å². The number of ether oxygens (including phenoxy) is 2. The van der Waals surface area contributed by atoms with Gasteiger partial charge in [0, 0.05) is 13.6 Å². The number of carbonyl (C=O) groups is 1. The van der Waals surface area contributed by atoms with Crippen molar-refractivity contribution in [2.45, 2.75) is 26.9 Å². The van der Waals surface area contributed by atoms with Gasteiger partial charge < -0.3 is 18.9 Å². The molecule has 0 saturated heterocycles. The summed E-state index contributed by atoms with van der Waals surface area (Å²) in [6.07, 6.45) is 0. The lowest BCUT2D eigenvalue weighted by Gasteiger charge is -2.18. The zero-order valence-corrected chi connectivity index (χ0v) is 16.0. The Bertz CT molecular complexity index is 920. The van der Waals surface area contributed by atoms with Crippen LogP contribution in [0.5, 0.6) is 11.5 Å². The molecule has 0 atom stereocenters. The molecule has 1 amide bonds. The summed E-state index contributed by atoms with van der Waals surface area (Å²) in [6.45, 7) is 5.71. The smallest absolute Gasteiger partial charge is 0.260 e. The molecule has 3 aromatic rings. The van der Waals surface area contributed by atoms with E-state index in [1.807, 2.05) is 49.4 Å². The summed E-state index contributed by atoms with van der Waals surface area (Å²) in [5.74, 6) is 1.96. The number of rotatable bonds is 8. The van der Waals surface area contributed by atoms with Gasteiger partial charge in [-0.1, -0.05) is 24.3 Å². The summed E-state index contributed by atoms with van der Waals surface area (Å²) in [7, 11) is 1.76. The number of hydrogen-bond acceptors (Lipinski definition) is 4. The van der Waals surface area contributed by atoms with Gasteiger partial charge in [0.1, 0.15) is 5.82 Å². The minimum Gasteiger partial charge on any atom is -0.490 e. The van der Waals surface area contributed by atoms with E-state index in [2.05, 4.69) is 16.5 Å². The normalized spacial score (nSPS) is 10.8.